The molecule has 0 saturated carbocycles. The Hall–Kier alpha value is -1.04. The number of hydrogen-bond acceptors (Lipinski definition) is 4. The van der Waals surface area contributed by atoms with E-state index in [4.69, 9.17) is 9.47 Å². The zero-order chi connectivity index (χ0) is 14.0. The Balaban J connectivity index is 1.51. The number of nitrogens with one attached hydrogen (secondary N) is 1. The number of para-hydroxylation sites is 1. The van der Waals surface area contributed by atoms with Gasteiger partial charge in [-0.1, -0.05) is 18.2 Å². The van der Waals surface area contributed by atoms with Crippen molar-refractivity contribution in [1.82, 2.24) is 0 Å². The van der Waals surface area contributed by atoms with Gasteiger partial charge in [0.2, 0.25) is 5.91 Å². The van der Waals surface area contributed by atoms with E-state index in [0.29, 0.717) is 12.4 Å². The molecule has 0 radical (unpaired) electrons. The molecule has 0 spiro atoms. The van der Waals surface area contributed by atoms with Gasteiger partial charge >= 0.3 is 0 Å². The minimum Gasteiger partial charge on any atom is -0.353 e. The van der Waals surface area contributed by atoms with Gasteiger partial charge in [0.1, 0.15) is 0 Å². The van der Waals surface area contributed by atoms with Crippen LogP contribution in [0.1, 0.15) is 19.3 Å². The zero-order valence-electron chi connectivity index (χ0n) is 11.5. The summed E-state index contributed by atoms with van der Waals surface area (Å²) >= 11 is 1.58. The van der Waals surface area contributed by atoms with Gasteiger partial charge in [-0.25, -0.2) is 0 Å². The third-order valence-corrected chi connectivity index (χ3v) is 3.88. The summed E-state index contributed by atoms with van der Waals surface area (Å²) < 4.78 is 11.1. The second-order valence-corrected chi connectivity index (χ2v) is 5.74. The van der Waals surface area contributed by atoms with E-state index in [2.05, 4.69) is 5.32 Å². The number of rotatable bonds is 7. The average Bonchev–Trinajstić information content (AvgIpc) is 2.49. The third kappa shape index (κ3) is 5.94. The minimum absolute atomic E-state index is 0.0233. The lowest BCUT2D eigenvalue weighted by atomic mass is 10.2. The molecule has 0 bridgehead atoms. The Morgan fingerprint density at radius 3 is 2.95 bits per heavy atom. The van der Waals surface area contributed by atoms with Crippen molar-refractivity contribution in [2.24, 2.45) is 0 Å². The number of carbonyl (C=O) groups excluding carboxylic acids is 1. The molecule has 1 atom stereocenters. The first-order valence-corrected chi connectivity index (χ1v) is 8.16. The average molecular weight is 295 g/mol. The number of benzene rings is 1. The van der Waals surface area contributed by atoms with Gasteiger partial charge in [0.05, 0.1) is 12.4 Å². The van der Waals surface area contributed by atoms with Gasteiger partial charge in [-0.15, -0.1) is 11.8 Å². The first kappa shape index (κ1) is 15.4. The number of carbonyl (C=O) groups is 1. The van der Waals surface area contributed by atoms with Crippen LogP contribution in [0.4, 0.5) is 5.69 Å². The van der Waals surface area contributed by atoms with E-state index >= 15 is 0 Å². The predicted molar refractivity (Wildman–Crippen MR) is 81.9 cm³/mol. The molecule has 1 N–H and O–H groups in total. The van der Waals surface area contributed by atoms with Gasteiger partial charge in [0.25, 0.3) is 0 Å². The van der Waals surface area contributed by atoms with Crippen molar-refractivity contribution in [2.75, 3.05) is 30.0 Å². The molecular formula is C15H21NO3S. The minimum atomic E-state index is -0.0394. The van der Waals surface area contributed by atoms with Gasteiger partial charge in [0, 0.05) is 18.0 Å². The molecule has 1 aromatic rings. The van der Waals surface area contributed by atoms with Gasteiger partial charge in [0.15, 0.2) is 6.29 Å². The summed E-state index contributed by atoms with van der Waals surface area (Å²) in [5.41, 5.74) is 0.838. The summed E-state index contributed by atoms with van der Waals surface area (Å²) in [4.78, 5) is 11.7. The fourth-order valence-corrected chi connectivity index (χ4v) is 2.58. The molecule has 110 valence electrons. The van der Waals surface area contributed by atoms with Crippen LogP contribution >= 0.6 is 11.8 Å². The number of amides is 1. The smallest absolute Gasteiger partial charge is 0.234 e. The molecule has 0 aliphatic carbocycles. The second kappa shape index (κ2) is 9.00. The van der Waals surface area contributed by atoms with E-state index in [-0.39, 0.29) is 12.2 Å². The maximum atomic E-state index is 11.7. The molecule has 0 unspecified atom stereocenters. The van der Waals surface area contributed by atoms with Gasteiger partial charge in [-0.05, 0) is 31.4 Å². The van der Waals surface area contributed by atoms with Crippen LogP contribution in [-0.2, 0) is 14.3 Å². The van der Waals surface area contributed by atoms with Crippen molar-refractivity contribution >= 4 is 23.4 Å². The molecule has 4 nitrogen and oxygen atoms in total. The molecule has 5 heteroatoms. The van der Waals surface area contributed by atoms with Gasteiger partial charge < -0.3 is 14.8 Å². The lowest BCUT2D eigenvalue weighted by Gasteiger charge is -2.22. The highest BCUT2D eigenvalue weighted by atomic mass is 32.2. The molecule has 1 saturated heterocycles. The van der Waals surface area contributed by atoms with Crippen molar-refractivity contribution in [3.05, 3.63) is 30.3 Å². The van der Waals surface area contributed by atoms with Crippen molar-refractivity contribution in [2.45, 2.75) is 25.6 Å². The zero-order valence-corrected chi connectivity index (χ0v) is 12.4. The highest BCUT2D eigenvalue weighted by Gasteiger charge is 2.13. The van der Waals surface area contributed by atoms with Crippen LogP contribution in [-0.4, -0.2) is 36.9 Å². The molecule has 1 amide bonds. The molecule has 1 aromatic carbocycles. The first-order chi connectivity index (χ1) is 9.84. The summed E-state index contributed by atoms with van der Waals surface area (Å²) in [7, 11) is 0. The van der Waals surface area contributed by atoms with Crippen LogP contribution in [0.15, 0.2) is 30.3 Å². The summed E-state index contributed by atoms with van der Waals surface area (Å²) in [5, 5.41) is 2.86. The topological polar surface area (TPSA) is 47.6 Å². The van der Waals surface area contributed by atoms with Crippen molar-refractivity contribution in [3.63, 3.8) is 0 Å². The number of thioether (sulfide) groups is 1. The molecule has 1 aliphatic heterocycles. The summed E-state index contributed by atoms with van der Waals surface area (Å²) in [6.07, 6.45) is 3.26. The normalized spacial score (nSPS) is 18.7. The molecule has 0 aromatic heterocycles. The SMILES string of the molecule is O=C(CSCCO[C@@H]1CCCCO1)Nc1ccccc1. The molecule has 20 heavy (non-hydrogen) atoms. The fourth-order valence-electron chi connectivity index (χ4n) is 1.96. The monoisotopic (exact) mass is 295 g/mol. The Bertz CT molecular complexity index is 393. The highest BCUT2D eigenvalue weighted by molar-refractivity contribution is 7.99. The number of ether oxygens (including phenoxy) is 2. The quantitative estimate of drug-likeness (QED) is 0.786. The van der Waals surface area contributed by atoms with Gasteiger partial charge in [-0.3, -0.25) is 4.79 Å². The molecular weight excluding hydrogens is 274 g/mol. The van der Waals surface area contributed by atoms with Crippen molar-refractivity contribution in [3.8, 4) is 0 Å². The first-order valence-electron chi connectivity index (χ1n) is 7.00. The maximum Gasteiger partial charge on any atom is 0.234 e. The van der Waals surface area contributed by atoms with Crippen LogP contribution in [0.3, 0.4) is 0 Å². The molecule has 2 rings (SSSR count). The van der Waals surface area contributed by atoms with E-state index in [1.165, 1.54) is 6.42 Å². The second-order valence-electron chi connectivity index (χ2n) is 4.63. The molecule has 1 fully saturated rings. The predicted octanol–water partition coefficient (Wildman–Crippen LogP) is 2.90. The number of hydrogen-bond donors (Lipinski definition) is 1. The van der Waals surface area contributed by atoms with Crippen molar-refractivity contribution < 1.29 is 14.3 Å². The van der Waals surface area contributed by atoms with Gasteiger partial charge in [-0.2, -0.15) is 0 Å². The van der Waals surface area contributed by atoms with E-state index in [1.807, 2.05) is 30.3 Å². The van der Waals surface area contributed by atoms with Crippen molar-refractivity contribution in [1.29, 1.82) is 0 Å². The Morgan fingerprint density at radius 1 is 1.35 bits per heavy atom. The highest BCUT2D eigenvalue weighted by Crippen LogP contribution is 2.14. The Labute approximate surface area is 124 Å². The molecule has 1 heterocycles. The fraction of sp³-hybridized carbons (Fsp3) is 0.533. The van der Waals surface area contributed by atoms with Crippen LogP contribution in [0.5, 0.6) is 0 Å². The lowest BCUT2D eigenvalue weighted by molar-refractivity contribution is -0.158. The maximum absolute atomic E-state index is 11.7. The third-order valence-electron chi connectivity index (χ3n) is 2.96. The van der Waals surface area contributed by atoms with E-state index < -0.39 is 0 Å². The Morgan fingerprint density at radius 2 is 2.20 bits per heavy atom. The lowest BCUT2D eigenvalue weighted by Crippen LogP contribution is -2.23. The number of anilines is 1. The van der Waals surface area contributed by atoms with E-state index in [1.54, 1.807) is 11.8 Å². The van der Waals surface area contributed by atoms with Crippen LogP contribution < -0.4 is 5.32 Å². The largest absolute Gasteiger partial charge is 0.353 e. The van der Waals surface area contributed by atoms with Crippen LogP contribution in [0, 0.1) is 0 Å². The van der Waals surface area contributed by atoms with Crippen LogP contribution in [0.25, 0.3) is 0 Å². The molecule has 1 aliphatic rings. The standard InChI is InChI=1S/C15H21NO3S/c17-14(16-13-6-2-1-3-7-13)12-20-11-10-19-15-8-4-5-9-18-15/h1-3,6-7,15H,4-5,8-12H2,(H,16,17)/t15-/m1/s1. The van der Waals surface area contributed by atoms with Crippen LogP contribution in [0.2, 0.25) is 0 Å². The van der Waals surface area contributed by atoms with E-state index in [0.717, 1.165) is 30.9 Å². The summed E-state index contributed by atoms with van der Waals surface area (Å²) in [6, 6.07) is 9.49. The van der Waals surface area contributed by atoms with E-state index in [9.17, 15) is 4.79 Å². The Kier molecular flexibility index (Phi) is 6.91. The summed E-state index contributed by atoms with van der Waals surface area (Å²) in [6.45, 7) is 1.44. The summed E-state index contributed by atoms with van der Waals surface area (Å²) in [5.74, 6) is 1.28.